The van der Waals surface area contributed by atoms with Crippen LogP contribution in [0, 0.1) is 5.92 Å². The van der Waals surface area contributed by atoms with Gasteiger partial charge in [0, 0.05) is 57.7 Å². The predicted octanol–water partition coefficient (Wildman–Crippen LogP) is 2.69. The SMILES string of the molecule is O=C1CCCN1CCCN1CC(OCC2CC2)CN(Cc2ccc3ccccc3n2)CC1=O. The lowest BCUT2D eigenvalue weighted by Gasteiger charge is -2.25. The summed E-state index contributed by atoms with van der Waals surface area (Å²) >= 11 is 0. The standard InChI is InChI=1S/C26H34N4O3/c31-25-7-3-12-29(25)13-4-14-30-17-23(33-19-20-8-9-20)16-28(18-26(30)32)15-22-11-10-21-5-1-2-6-24(21)27-22/h1-2,5-6,10-11,20,23H,3-4,7-9,12-19H2. The molecule has 1 aromatic carbocycles. The lowest BCUT2D eigenvalue weighted by atomic mass is 10.2. The van der Waals surface area contributed by atoms with Crippen molar-refractivity contribution in [3.63, 3.8) is 0 Å². The van der Waals surface area contributed by atoms with E-state index in [0.717, 1.165) is 55.7 Å². The second kappa shape index (κ2) is 10.2. The smallest absolute Gasteiger partial charge is 0.236 e. The number of ether oxygens (including phenoxy) is 1. The molecule has 7 nitrogen and oxygen atoms in total. The van der Waals surface area contributed by atoms with Crippen molar-refractivity contribution in [1.29, 1.82) is 0 Å². The van der Waals surface area contributed by atoms with E-state index in [9.17, 15) is 9.59 Å². The van der Waals surface area contributed by atoms with E-state index in [1.165, 1.54) is 12.8 Å². The molecule has 5 rings (SSSR count). The summed E-state index contributed by atoms with van der Waals surface area (Å²) in [6.45, 7) is 5.42. The Morgan fingerprint density at radius 2 is 1.82 bits per heavy atom. The molecule has 1 aliphatic carbocycles. The van der Waals surface area contributed by atoms with Crippen LogP contribution in [0.3, 0.4) is 0 Å². The first-order valence-electron chi connectivity index (χ1n) is 12.4. The predicted molar refractivity (Wildman–Crippen MR) is 126 cm³/mol. The molecule has 3 aliphatic rings. The topological polar surface area (TPSA) is 66.0 Å². The van der Waals surface area contributed by atoms with Crippen molar-refractivity contribution in [2.24, 2.45) is 5.92 Å². The normalized spacial score (nSPS) is 22.4. The first kappa shape index (κ1) is 22.3. The molecule has 176 valence electrons. The largest absolute Gasteiger partial charge is 0.375 e. The lowest BCUT2D eigenvalue weighted by molar-refractivity contribution is -0.132. The maximum Gasteiger partial charge on any atom is 0.236 e. The van der Waals surface area contributed by atoms with Crippen molar-refractivity contribution in [2.75, 3.05) is 45.9 Å². The van der Waals surface area contributed by atoms with E-state index in [1.807, 2.05) is 28.0 Å². The van der Waals surface area contributed by atoms with Gasteiger partial charge in [0.25, 0.3) is 0 Å². The Kier molecular flexibility index (Phi) is 6.88. The second-order valence-electron chi connectivity index (χ2n) is 9.74. The van der Waals surface area contributed by atoms with Gasteiger partial charge in [-0.15, -0.1) is 0 Å². The van der Waals surface area contributed by atoms with E-state index >= 15 is 0 Å². The highest BCUT2D eigenvalue weighted by atomic mass is 16.5. The Labute approximate surface area is 195 Å². The number of rotatable bonds is 9. The average Bonchev–Trinajstić information content (AvgIpc) is 3.58. The zero-order valence-electron chi connectivity index (χ0n) is 19.3. The minimum Gasteiger partial charge on any atom is -0.375 e. The summed E-state index contributed by atoms with van der Waals surface area (Å²) < 4.78 is 6.28. The van der Waals surface area contributed by atoms with Gasteiger partial charge in [0.05, 0.1) is 23.9 Å². The summed E-state index contributed by atoms with van der Waals surface area (Å²) in [5.74, 6) is 1.08. The Balaban J connectivity index is 1.23. The molecule has 1 saturated carbocycles. The number of carbonyl (C=O) groups excluding carboxylic acids is 2. The Bertz CT molecular complexity index is 992. The molecule has 0 spiro atoms. The van der Waals surface area contributed by atoms with Gasteiger partial charge in [0.2, 0.25) is 11.8 Å². The van der Waals surface area contributed by atoms with Crippen molar-refractivity contribution in [1.82, 2.24) is 19.7 Å². The van der Waals surface area contributed by atoms with Gasteiger partial charge < -0.3 is 14.5 Å². The van der Waals surface area contributed by atoms with Crippen molar-refractivity contribution >= 4 is 22.7 Å². The summed E-state index contributed by atoms with van der Waals surface area (Å²) in [7, 11) is 0. The minimum atomic E-state index is 0.00549. The third-order valence-corrected chi connectivity index (χ3v) is 6.93. The molecule has 1 atom stereocenters. The maximum absolute atomic E-state index is 13.1. The Morgan fingerprint density at radius 1 is 0.970 bits per heavy atom. The molecule has 2 aliphatic heterocycles. The van der Waals surface area contributed by atoms with Crippen LogP contribution in [0.2, 0.25) is 0 Å². The number of hydrogen-bond donors (Lipinski definition) is 0. The van der Waals surface area contributed by atoms with Crippen LogP contribution in [0.15, 0.2) is 36.4 Å². The molecule has 2 amide bonds. The van der Waals surface area contributed by atoms with Gasteiger partial charge in [-0.25, -0.2) is 0 Å². The summed E-state index contributed by atoms with van der Waals surface area (Å²) in [6.07, 6.45) is 4.95. The van der Waals surface area contributed by atoms with Gasteiger partial charge in [-0.1, -0.05) is 24.3 Å². The molecule has 7 heteroatoms. The van der Waals surface area contributed by atoms with Crippen molar-refractivity contribution in [3.8, 4) is 0 Å². The van der Waals surface area contributed by atoms with Crippen LogP contribution in [-0.4, -0.2) is 83.5 Å². The van der Waals surface area contributed by atoms with E-state index in [-0.39, 0.29) is 17.9 Å². The maximum atomic E-state index is 13.1. The number of nitrogens with zero attached hydrogens (tertiary/aromatic N) is 4. The fourth-order valence-electron chi connectivity index (χ4n) is 4.87. The summed E-state index contributed by atoms with van der Waals surface area (Å²) in [5.41, 5.74) is 1.96. The van der Waals surface area contributed by atoms with Crippen molar-refractivity contribution in [3.05, 3.63) is 42.1 Å². The van der Waals surface area contributed by atoms with Crippen LogP contribution in [0.1, 0.15) is 37.8 Å². The van der Waals surface area contributed by atoms with Gasteiger partial charge in [0.15, 0.2) is 0 Å². The minimum absolute atomic E-state index is 0.00549. The molecule has 2 saturated heterocycles. The molecule has 1 aromatic heterocycles. The number of amides is 2. The third-order valence-electron chi connectivity index (χ3n) is 6.93. The van der Waals surface area contributed by atoms with E-state index in [1.54, 1.807) is 0 Å². The van der Waals surface area contributed by atoms with Crippen LogP contribution in [-0.2, 0) is 20.9 Å². The molecule has 0 N–H and O–H groups in total. The number of para-hydroxylation sites is 1. The first-order chi connectivity index (χ1) is 16.1. The third kappa shape index (κ3) is 5.89. The van der Waals surface area contributed by atoms with Gasteiger partial charge in [-0.05, 0) is 43.7 Å². The number of pyridine rings is 1. The molecule has 0 radical (unpaired) electrons. The van der Waals surface area contributed by atoms with Gasteiger partial charge in [-0.3, -0.25) is 19.5 Å². The molecule has 2 aromatic rings. The van der Waals surface area contributed by atoms with Crippen LogP contribution in [0.4, 0.5) is 0 Å². The molecule has 3 fully saturated rings. The summed E-state index contributed by atoms with van der Waals surface area (Å²) in [4.78, 5) is 35.9. The highest BCUT2D eigenvalue weighted by Crippen LogP contribution is 2.29. The molecule has 1 unspecified atom stereocenters. The quantitative estimate of drug-likeness (QED) is 0.588. The number of fused-ring (bicyclic) bond motifs is 1. The van der Waals surface area contributed by atoms with Crippen LogP contribution < -0.4 is 0 Å². The van der Waals surface area contributed by atoms with Crippen molar-refractivity contribution < 1.29 is 14.3 Å². The lowest BCUT2D eigenvalue weighted by Crippen LogP contribution is -2.40. The highest BCUT2D eigenvalue weighted by Gasteiger charge is 2.31. The average molecular weight is 451 g/mol. The Hall–Kier alpha value is -2.51. The van der Waals surface area contributed by atoms with E-state index in [0.29, 0.717) is 38.5 Å². The summed E-state index contributed by atoms with van der Waals surface area (Å²) in [6, 6.07) is 12.3. The van der Waals surface area contributed by atoms with Gasteiger partial charge >= 0.3 is 0 Å². The number of benzene rings is 1. The monoisotopic (exact) mass is 450 g/mol. The van der Waals surface area contributed by atoms with Crippen LogP contribution >= 0.6 is 0 Å². The number of aromatic nitrogens is 1. The van der Waals surface area contributed by atoms with Gasteiger partial charge in [0.1, 0.15) is 0 Å². The number of carbonyl (C=O) groups is 2. The zero-order chi connectivity index (χ0) is 22.6. The highest BCUT2D eigenvalue weighted by molar-refractivity contribution is 5.79. The van der Waals surface area contributed by atoms with E-state index in [4.69, 9.17) is 9.72 Å². The van der Waals surface area contributed by atoms with Crippen molar-refractivity contribution in [2.45, 2.75) is 44.8 Å². The fraction of sp³-hybridized carbons (Fsp3) is 0.577. The molecular weight excluding hydrogens is 416 g/mol. The Morgan fingerprint density at radius 3 is 2.64 bits per heavy atom. The first-order valence-corrected chi connectivity index (χ1v) is 12.4. The zero-order valence-corrected chi connectivity index (χ0v) is 19.3. The van der Waals surface area contributed by atoms with Crippen LogP contribution in [0.25, 0.3) is 10.9 Å². The van der Waals surface area contributed by atoms with E-state index in [2.05, 4.69) is 23.1 Å². The molecular formula is C26H34N4O3. The number of hydrogen-bond acceptors (Lipinski definition) is 5. The van der Waals surface area contributed by atoms with Gasteiger partial charge in [-0.2, -0.15) is 0 Å². The number of likely N-dealkylation sites (tertiary alicyclic amines) is 1. The fourth-order valence-corrected chi connectivity index (χ4v) is 4.87. The van der Waals surface area contributed by atoms with E-state index < -0.39 is 0 Å². The van der Waals surface area contributed by atoms with Crippen LogP contribution in [0.5, 0.6) is 0 Å². The summed E-state index contributed by atoms with van der Waals surface area (Å²) in [5, 5.41) is 1.13. The molecule has 0 bridgehead atoms. The molecule has 33 heavy (non-hydrogen) atoms. The second-order valence-corrected chi connectivity index (χ2v) is 9.74. The molecule has 3 heterocycles.